The van der Waals surface area contributed by atoms with Gasteiger partial charge in [-0.1, -0.05) is 30.3 Å². The molecule has 0 bridgehead atoms. The van der Waals surface area contributed by atoms with E-state index in [0.717, 1.165) is 24.0 Å². The Morgan fingerprint density at radius 3 is 2.41 bits per heavy atom. The van der Waals surface area contributed by atoms with Crippen LogP contribution in [0.25, 0.3) is 0 Å². The van der Waals surface area contributed by atoms with Crippen molar-refractivity contribution in [1.29, 1.82) is 0 Å². The van der Waals surface area contributed by atoms with Crippen molar-refractivity contribution in [2.45, 2.75) is 38.8 Å². The molecule has 1 N–H and O–H groups in total. The second kappa shape index (κ2) is 15.6. The third-order valence-electron chi connectivity index (χ3n) is 5.46. The molecular weight excluding hydrogens is 486 g/mol. The zero-order valence-electron chi connectivity index (χ0n) is 21.0. The lowest BCUT2D eigenvalue weighted by Crippen LogP contribution is -2.45. The number of amides is 2. The predicted octanol–water partition coefficient (Wildman–Crippen LogP) is 1.77. The quantitative estimate of drug-likeness (QED) is 0.195. The molecule has 1 heterocycles. The van der Waals surface area contributed by atoms with Gasteiger partial charge in [0, 0.05) is 20.0 Å². The van der Waals surface area contributed by atoms with Crippen LogP contribution in [0.3, 0.4) is 0 Å². The lowest BCUT2D eigenvalue weighted by Gasteiger charge is -2.26. The van der Waals surface area contributed by atoms with E-state index in [1.54, 1.807) is 30.3 Å². The van der Waals surface area contributed by atoms with E-state index in [4.69, 9.17) is 24.1 Å². The molecule has 0 saturated carbocycles. The molecule has 2 amide bonds. The minimum absolute atomic E-state index is 0.0404. The smallest absolute Gasteiger partial charge is 0.417 e. The molecule has 3 unspecified atom stereocenters. The largest absolute Gasteiger partial charge is 0.453 e. The van der Waals surface area contributed by atoms with E-state index < -0.39 is 41.8 Å². The molecule has 0 aliphatic carbocycles. The third-order valence-corrected chi connectivity index (χ3v) is 5.46. The molecule has 3 atom stereocenters. The average Bonchev–Trinajstić information content (AvgIpc) is 3.28. The summed E-state index contributed by atoms with van der Waals surface area (Å²) in [4.78, 5) is 63.1. The highest BCUT2D eigenvalue weighted by Gasteiger charge is 2.44. The summed E-state index contributed by atoms with van der Waals surface area (Å²) in [5.74, 6) is -3.85. The molecule has 202 valence electrons. The average molecular weight is 520 g/mol. The number of carbonyl (C=O) groups is 5. The van der Waals surface area contributed by atoms with Crippen molar-refractivity contribution < 1.29 is 48.0 Å². The maximum Gasteiger partial charge on any atom is 0.417 e. The Bertz CT molecular complexity index is 961. The number of imide groups is 1. The monoisotopic (exact) mass is 519 g/mol. The van der Waals surface area contributed by atoms with Gasteiger partial charge in [0.05, 0.1) is 32.3 Å². The summed E-state index contributed by atoms with van der Waals surface area (Å²) in [7, 11) is 0. The van der Waals surface area contributed by atoms with Crippen LogP contribution in [0.15, 0.2) is 42.5 Å². The number of esters is 1. The highest BCUT2D eigenvalue weighted by molar-refractivity contribution is 6.04. The third kappa shape index (κ3) is 9.52. The maximum atomic E-state index is 13.2. The molecule has 0 aromatic heterocycles. The fourth-order valence-corrected chi connectivity index (χ4v) is 3.61. The molecule has 11 nitrogen and oxygen atoms in total. The number of rotatable bonds is 16. The fraction of sp³-hybridized carbons (Fsp3) is 0.500. The number of ketones is 2. The highest BCUT2D eigenvalue weighted by atomic mass is 16.6. The van der Waals surface area contributed by atoms with Crippen molar-refractivity contribution in [3.8, 4) is 0 Å². The van der Waals surface area contributed by atoms with Crippen LogP contribution in [0.1, 0.15) is 38.3 Å². The van der Waals surface area contributed by atoms with Crippen LogP contribution < -0.4 is 0 Å². The van der Waals surface area contributed by atoms with E-state index in [1.807, 2.05) is 0 Å². The molecule has 0 radical (unpaired) electrons. The number of cyclic esters (lactones) is 1. The summed E-state index contributed by atoms with van der Waals surface area (Å²) in [6, 6.07) is 8.13. The molecule has 0 spiro atoms. The van der Waals surface area contributed by atoms with Crippen LogP contribution in [-0.4, -0.2) is 85.3 Å². The maximum absolute atomic E-state index is 13.2. The van der Waals surface area contributed by atoms with Gasteiger partial charge in [0.25, 0.3) is 0 Å². The zero-order chi connectivity index (χ0) is 27.2. The Morgan fingerprint density at radius 1 is 1.08 bits per heavy atom. The number of carbonyl (C=O) groups excluding carboxylic acids is 5. The Labute approximate surface area is 215 Å². The number of nitrogens with zero attached hydrogens (tertiary/aromatic N) is 1. The second-order valence-electron chi connectivity index (χ2n) is 8.28. The molecule has 1 aromatic rings. The van der Waals surface area contributed by atoms with Gasteiger partial charge in [-0.3, -0.25) is 19.2 Å². The van der Waals surface area contributed by atoms with E-state index in [2.05, 4.69) is 0 Å². The first-order valence-corrected chi connectivity index (χ1v) is 12.0. The first-order chi connectivity index (χ1) is 17.8. The van der Waals surface area contributed by atoms with Gasteiger partial charge in [-0.05, 0) is 31.1 Å². The number of allylic oxidation sites excluding steroid dienone is 1. The first kappa shape index (κ1) is 29.8. The Balaban J connectivity index is 1.97. The van der Waals surface area contributed by atoms with E-state index in [0.29, 0.717) is 31.8 Å². The van der Waals surface area contributed by atoms with Crippen LogP contribution in [0.4, 0.5) is 4.79 Å². The Hall–Kier alpha value is -3.41. The molecule has 1 aliphatic heterocycles. The molecule has 1 fully saturated rings. The Kier molecular flexibility index (Phi) is 12.6. The fourth-order valence-electron chi connectivity index (χ4n) is 3.61. The van der Waals surface area contributed by atoms with Crippen molar-refractivity contribution >= 4 is 29.5 Å². The number of aliphatic hydroxyl groups is 1. The van der Waals surface area contributed by atoms with Gasteiger partial charge >= 0.3 is 12.1 Å². The SMILES string of the molecule is CC(=O)OC(C(=O)C=CC(=O)CCCOCCOCCO)C(C)C(=O)N1C(=O)OCC1c1ccccc1. The van der Waals surface area contributed by atoms with Gasteiger partial charge in [-0.25, -0.2) is 9.69 Å². The normalized spacial score (nSPS) is 16.9. The molecule has 11 heteroatoms. The lowest BCUT2D eigenvalue weighted by atomic mass is 9.97. The summed E-state index contributed by atoms with van der Waals surface area (Å²) in [6.45, 7) is 3.57. The number of ether oxygens (including phenoxy) is 4. The van der Waals surface area contributed by atoms with Gasteiger partial charge in [-0.2, -0.15) is 0 Å². The van der Waals surface area contributed by atoms with Crippen LogP contribution in [0, 0.1) is 5.92 Å². The zero-order valence-corrected chi connectivity index (χ0v) is 21.0. The minimum Gasteiger partial charge on any atom is -0.453 e. The molecule has 1 saturated heterocycles. The van der Waals surface area contributed by atoms with Crippen molar-refractivity contribution in [1.82, 2.24) is 4.90 Å². The number of aliphatic hydroxyl groups excluding tert-OH is 1. The van der Waals surface area contributed by atoms with Gasteiger partial charge < -0.3 is 24.1 Å². The molecule has 37 heavy (non-hydrogen) atoms. The van der Waals surface area contributed by atoms with Crippen molar-refractivity contribution in [3.63, 3.8) is 0 Å². The second-order valence-corrected chi connectivity index (χ2v) is 8.28. The first-order valence-electron chi connectivity index (χ1n) is 12.0. The van der Waals surface area contributed by atoms with E-state index in [1.165, 1.54) is 6.92 Å². The van der Waals surface area contributed by atoms with Crippen LogP contribution in [0.5, 0.6) is 0 Å². The van der Waals surface area contributed by atoms with E-state index >= 15 is 0 Å². The topological polar surface area (TPSA) is 146 Å². The lowest BCUT2D eigenvalue weighted by molar-refractivity contribution is -0.158. The Morgan fingerprint density at radius 2 is 1.76 bits per heavy atom. The van der Waals surface area contributed by atoms with Gasteiger partial charge in [0.1, 0.15) is 12.6 Å². The van der Waals surface area contributed by atoms with E-state index in [9.17, 15) is 24.0 Å². The summed E-state index contributed by atoms with van der Waals surface area (Å²) in [6.07, 6.45) is 0.190. The molecule has 1 aromatic carbocycles. The molecule has 2 rings (SSSR count). The number of hydrogen-bond donors (Lipinski definition) is 1. The number of hydrogen-bond acceptors (Lipinski definition) is 10. The van der Waals surface area contributed by atoms with Crippen LogP contribution in [-0.2, 0) is 38.1 Å². The van der Waals surface area contributed by atoms with Gasteiger partial charge in [0.15, 0.2) is 17.7 Å². The molecular formula is C26H33NO10. The molecule has 1 aliphatic rings. The summed E-state index contributed by atoms with van der Waals surface area (Å²) >= 11 is 0. The van der Waals surface area contributed by atoms with E-state index in [-0.39, 0.29) is 32.0 Å². The number of benzene rings is 1. The van der Waals surface area contributed by atoms with Crippen molar-refractivity contribution in [3.05, 3.63) is 48.0 Å². The van der Waals surface area contributed by atoms with Crippen molar-refractivity contribution in [2.24, 2.45) is 5.92 Å². The van der Waals surface area contributed by atoms with Crippen LogP contribution in [0.2, 0.25) is 0 Å². The standard InChI is InChI=1S/C26H33NO10/c1-18(25(32)27-22(17-36-26(27)33)20-7-4-3-5-8-20)24(37-19(2)29)23(31)11-10-21(30)9-6-13-34-15-16-35-14-12-28/h3-5,7-8,10-11,18,22,24,28H,6,9,12-17H2,1-2H3. The van der Waals surface area contributed by atoms with Crippen LogP contribution >= 0.6 is 0 Å². The highest BCUT2D eigenvalue weighted by Crippen LogP contribution is 2.30. The summed E-state index contributed by atoms with van der Waals surface area (Å²) in [5.41, 5.74) is 0.677. The van der Waals surface area contributed by atoms with Crippen molar-refractivity contribution in [2.75, 3.05) is 39.6 Å². The van der Waals surface area contributed by atoms with Gasteiger partial charge in [0.2, 0.25) is 5.91 Å². The summed E-state index contributed by atoms with van der Waals surface area (Å²) in [5, 5.41) is 8.61. The summed E-state index contributed by atoms with van der Waals surface area (Å²) < 4.78 is 20.5. The predicted molar refractivity (Wildman–Crippen MR) is 129 cm³/mol. The van der Waals surface area contributed by atoms with Gasteiger partial charge in [-0.15, -0.1) is 0 Å². The minimum atomic E-state index is -1.53.